The number of nitrogens with two attached hydrogens (primary N) is 1. The van der Waals surface area contributed by atoms with E-state index in [1.807, 2.05) is 0 Å². The van der Waals surface area contributed by atoms with Gasteiger partial charge in [0.25, 0.3) is 5.91 Å². The smallest absolute Gasteiger partial charge is 0.344 e. The fourth-order valence-electron chi connectivity index (χ4n) is 3.69. The maximum atomic E-state index is 13.5. The van der Waals surface area contributed by atoms with Crippen molar-refractivity contribution < 1.29 is 24.3 Å². The van der Waals surface area contributed by atoms with E-state index >= 15 is 0 Å². The number of urea groups is 1. The van der Waals surface area contributed by atoms with Gasteiger partial charge in [0.1, 0.15) is 5.54 Å². The number of nitrogens with zero attached hydrogens (tertiary/aromatic N) is 3. The van der Waals surface area contributed by atoms with Crippen molar-refractivity contribution in [1.82, 2.24) is 15.3 Å². The Labute approximate surface area is 184 Å². The maximum Gasteiger partial charge on any atom is 0.344 e. The zero-order valence-electron chi connectivity index (χ0n) is 17.6. The largest absolute Gasteiger partial charge is 0.481 e. The molecule has 3 rings (SSSR count). The molecule has 0 radical (unpaired) electrons. The topological polar surface area (TPSA) is 145 Å². The predicted molar refractivity (Wildman–Crippen MR) is 115 cm³/mol. The van der Waals surface area contributed by atoms with Gasteiger partial charge < -0.3 is 16.3 Å². The summed E-state index contributed by atoms with van der Waals surface area (Å²) < 4.78 is 0. The number of amides is 4. The minimum atomic E-state index is -1.46. The monoisotopic (exact) mass is 437 g/mol. The minimum Gasteiger partial charge on any atom is -0.481 e. The van der Waals surface area contributed by atoms with Gasteiger partial charge in [-0.15, -0.1) is 0 Å². The van der Waals surface area contributed by atoms with Crippen LogP contribution < -0.4 is 11.2 Å². The Kier molecular flexibility index (Phi) is 6.24. The number of carboxylic acid groups (broad SMARTS) is 1. The first-order chi connectivity index (χ1) is 15.2. The van der Waals surface area contributed by atoms with Gasteiger partial charge in [0.2, 0.25) is 5.91 Å². The van der Waals surface area contributed by atoms with Crippen molar-refractivity contribution >= 4 is 30.0 Å². The van der Waals surface area contributed by atoms with Crippen molar-refractivity contribution in [2.24, 2.45) is 10.9 Å². The number of imide groups is 1. The van der Waals surface area contributed by atoms with E-state index in [0.29, 0.717) is 21.7 Å². The van der Waals surface area contributed by atoms with Gasteiger partial charge in [0.05, 0.1) is 18.7 Å². The van der Waals surface area contributed by atoms with Gasteiger partial charge in [-0.2, -0.15) is 10.1 Å². The van der Waals surface area contributed by atoms with E-state index in [0.717, 1.165) is 5.01 Å². The first-order valence-corrected chi connectivity index (χ1v) is 9.76. The number of nitrogens with one attached hydrogen (secondary N) is 1. The number of benzene rings is 2. The molecule has 4 amide bonds. The van der Waals surface area contributed by atoms with E-state index in [1.165, 1.54) is 20.1 Å². The normalized spacial score (nSPS) is 19.1. The van der Waals surface area contributed by atoms with Gasteiger partial charge in [-0.05, 0) is 23.6 Å². The standard InChI is InChI=1S/C22H23N5O5/c1-14(28)26(18(12-19(29)30)16-6-4-3-5-7-16)27-20(31)22(2,25-21(27)32)17-10-8-15(9-11-17)13-24-23/h3-11,13,18H,12,23H2,1-2H3,(H,25,32)(H,29,30)/t18-,22-/m1/s1. The van der Waals surface area contributed by atoms with Crippen LogP contribution in [0.5, 0.6) is 0 Å². The molecule has 0 spiro atoms. The quantitative estimate of drug-likeness (QED) is 0.260. The van der Waals surface area contributed by atoms with Gasteiger partial charge in [0.15, 0.2) is 0 Å². The molecular weight excluding hydrogens is 414 g/mol. The van der Waals surface area contributed by atoms with E-state index in [1.54, 1.807) is 54.6 Å². The second-order valence-corrected chi connectivity index (χ2v) is 7.46. The van der Waals surface area contributed by atoms with Crippen LogP contribution in [0.15, 0.2) is 59.7 Å². The lowest BCUT2D eigenvalue weighted by Crippen LogP contribution is -2.52. The zero-order valence-corrected chi connectivity index (χ0v) is 17.6. The molecule has 0 aromatic heterocycles. The number of hydrogen-bond donors (Lipinski definition) is 3. The van der Waals surface area contributed by atoms with E-state index in [2.05, 4.69) is 10.4 Å². The van der Waals surface area contributed by atoms with Crippen LogP contribution >= 0.6 is 0 Å². The average molecular weight is 437 g/mol. The zero-order chi connectivity index (χ0) is 23.5. The van der Waals surface area contributed by atoms with Crippen LogP contribution in [0.1, 0.15) is 43.0 Å². The number of hydrazine groups is 1. The van der Waals surface area contributed by atoms with Crippen molar-refractivity contribution in [3.05, 3.63) is 71.3 Å². The number of rotatable bonds is 7. The Balaban J connectivity index is 2.03. The number of carbonyl (C=O) groups is 4. The highest BCUT2D eigenvalue weighted by atomic mass is 16.4. The van der Waals surface area contributed by atoms with E-state index in [4.69, 9.17) is 5.84 Å². The Hall–Kier alpha value is -4.21. The second-order valence-electron chi connectivity index (χ2n) is 7.46. The van der Waals surface area contributed by atoms with Gasteiger partial charge in [-0.1, -0.05) is 54.6 Å². The van der Waals surface area contributed by atoms with Crippen LogP contribution in [-0.2, 0) is 19.9 Å². The minimum absolute atomic E-state index is 0.477. The molecule has 0 aliphatic carbocycles. The lowest BCUT2D eigenvalue weighted by molar-refractivity contribution is -0.162. The second kappa shape index (κ2) is 8.88. The molecule has 32 heavy (non-hydrogen) atoms. The fraction of sp³-hybridized carbons (Fsp3) is 0.227. The Morgan fingerprint density at radius 3 is 2.34 bits per heavy atom. The molecule has 166 valence electrons. The molecule has 2 atom stereocenters. The Bertz CT molecular complexity index is 1070. The van der Waals surface area contributed by atoms with Gasteiger partial charge in [0, 0.05) is 6.92 Å². The van der Waals surface area contributed by atoms with Crippen molar-refractivity contribution in [3.8, 4) is 0 Å². The SMILES string of the molecule is CC(=O)N([C@H](CC(=O)O)c1ccccc1)N1C(=O)N[C@](C)(c2ccc(C=NN)cc2)C1=O. The molecule has 0 bridgehead atoms. The van der Waals surface area contributed by atoms with Crippen LogP contribution in [0.25, 0.3) is 0 Å². The molecule has 2 aromatic rings. The fourth-order valence-corrected chi connectivity index (χ4v) is 3.69. The van der Waals surface area contributed by atoms with Crippen LogP contribution in [-0.4, -0.2) is 45.2 Å². The molecule has 1 aliphatic heterocycles. The summed E-state index contributed by atoms with van der Waals surface area (Å²) in [4.78, 5) is 50.6. The lowest BCUT2D eigenvalue weighted by Gasteiger charge is -2.35. The Morgan fingerprint density at radius 2 is 1.81 bits per heavy atom. The predicted octanol–water partition coefficient (Wildman–Crippen LogP) is 1.73. The third-order valence-corrected chi connectivity index (χ3v) is 5.27. The molecular formula is C22H23N5O5. The molecule has 10 nitrogen and oxygen atoms in total. The average Bonchev–Trinajstić information content (AvgIpc) is 2.98. The first kappa shape index (κ1) is 22.5. The van der Waals surface area contributed by atoms with Crippen LogP contribution in [0.2, 0.25) is 0 Å². The molecule has 4 N–H and O–H groups in total. The molecule has 0 saturated carbocycles. The summed E-state index contributed by atoms with van der Waals surface area (Å²) in [5.74, 6) is 2.61. The highest BCUT2D eigenvalue weighted by Gasteiger charge is 2.53. The molecule has 1 fully saturated rings. The summed E-state index contributed by atoms with van der Waals surface area (Å²) in [6.07, 6.45) is 0.936. The van der Waals surface area contributed by atoms with E-state index in [9.17, 15) is 24.3 Å². The summed E-state index contributed by atoms with van der Waals surface area (Å²) in [7, 11) is 0. The number of aliphatic carboxylic acids is 1. The highest BCUT2D eigenvalue weighted by Crippen LogP contribution is 2.34. The van der Waals surface area contributed by atoms with Crippen molar-refractivity contribution in [1.29, 1.82) is 0 Å². The summed E-state index contributed by atoms with van der Waals surface area (Å²) in [5, 5.41) is 17.1. The van der Waals surface area contributed by atoms with Crippen molar-refractivity contribution in [2.75, 3.05) is 0 Å². The molecule has 1 saturated heterocycles. The number of carboxylic acids is 1. The third kappa shape index (κ3) is 4.15. The van der Waals surface area contributed by atoms with E-state index in [-0.39, 0.29) is 0 Å². The lowest BCUT2D eigenvalue weighted by atomic mass is 9.91. The summed E-state index contributed by atoms with van der Waals surface area (Å²) >= 11 is 0. The molecule has 10 heteroatoms. The maximum absolute atomic E-state index is 13.5. The van der Waals surface area contributed by atoms with Crippen LogP contribution in [0.4, 0.5) is 4.79 Å². The van der Waals surface area contributed by atoms with Crippen molar-refractivity contribution in [2.45, 2.75) is 31.8 Å². The van der Waals surface area contributed by atoms with Gasteiger partial charge in [-0.3, -0.25) is 14.4 Å². The Morgan fingerprint density at radius 1 is 1.19 bits per heavy atom. The molecule has 1 heterocycles. The first-order valence-electron chi connectivity index (χ1n) is 9.76. The molecule has 1 aliphatic rings. The van der Waals surface area contributed by atoms with E-state index < -0.39 is 41.8 Å². The highest BCUT2D eigenvalue weighted by molar-refractivity contribution is 6.08. The number of hydrogen-bond acceptors (Lipinski definition) is 6. The molecule has 0 unspecified atom stereocenters. The van der Waals surface area contributed by atoms with Crippen LogP contribution in [0, 0.1) is 0 Å². The number of hydrazone groups is 1. The third-order valence-electron chi connectivity index (χ3n) is 5.27. The van der Waals surface area contributed by atoms with Gasteiger partial charge >= 0.3 is 12.0 Å². The summed E-state index contributed by atoms with van der Waals surface area (Å²) in [6.45, 7) is 2.70. The summed E-state index contributed by atoms with van der Waals surface area (Å²) in [6, 6.07) is 13.1. The van der Waals surface area contributed by atoms with Gasteiger partial charge in [-0.25, -0.2) is 9.80 Å². The number of carbonyl (C=O) groups excluding carboxylic acids is 3. The summed E-state index contributed by atoms with van der Waals surface area (Å²) in [5.41, 5.74) is 0.188. The van der Waals surface area contributed by atoms with Crippen LogP contribution in [0.3, 0.4) is 0 Å². The van der Waals surface area contributed by atoms with Crippen molar-refractivity contribution in [3.63, 3.8) is 0 Å². The molecule has 2 aromatic carbocycles.